The fraction of sp³-hybridized carbons (Fsp3) is 0.176. The molecule has 0 radical (unpaired) electrons. The van der Waals surface area contributed by atoms with E-state index >= 15 is 0 Å². The van der Waals surface area contributed by atoms with Crippen LogP contribution in [-0.4, -0.2) is 21.8 Å². The Morgan fingerprint density at radius 3 is 2.76 bits per heavy atom. The summed E-state index contributed by atoms with van der Waals surface area (Å²) in [6.45, 7) is 0.0745. The van der Waals surface area contributed by atoms with Gasteiger partial charge in [0.05, 0.1) is 17.0 Å². The summed E-state index contributed by atoms with van der Waals surface area (Å²) in [5, 5.41) is 8.34. The zero-order chi connectivity index (χ0) is 17.6. The van der Waals surface area contributed by atoms with Gasteiger partial charge >= 0.3 is 0 Å². The van der Waals surface area contributed by atoms with Crippen LogP contribution in [-0.2, 0) is 11.3 Å². The first-order chi connectivity index (χ1) is 12.1. The van der Waals surface area contributed by atoms with Crippen LogP contribution in [0.4, 0.5) is 4.39 Å². The zero-order valence-corrected chi connectivity index (χ0v) is 13.9. The van der Waals surface area contributed by atoms with E-state index < -0.39 is 11.6 Å². The number of rotatable bonds is 7. The van der Waals surface area contributed by atoms with Crippen molar-refractivity contribution in [1.29, 1.82) is 0 Å². The summed E-state index contributed by atoms with van der Waals surface area (Å²) in [7, 11) is 0. The molecule has 1 aromatic carbocycles. The van der Waals surface area contributed by atoms with Crippen molar-refractivity contribution in [2.75, 3.05) is 0 Å². The largest absolute Gasteiger partial charge is 0.347 e. The second-order valence-corrected chi connectivity index (χ2v) is 6.12. The van der Waals surface area contributed by atoms with Crippen molar-refractivity contribution in [1.82, 2.24) is 15.5 Å². The Morgan fingerprint density at radius 2 is 2.00 bits per heavy atom. The van der Waals surface area contributed by atoms with E-state index in [0.29, 0.717) is 5.82 Å². The van der Waals surface area contributed by atoms with Crippen LogP contribution in [0.25, 0.3) is 10.7 Å². The second-order valence-electron chi connectivity index (χ2n) is 5.17. The van der Waals surface area contributed by atoms with Crippen molar-refractivity contribution in [3.8, 4) is 10.7 Å². The van der Waals surface area contributed by atoms with E-state index in [9.17, 15) is 14.0 Å². The lowest BCUT2D eigenvalue weighted by molar-refractivity contribution is -0.121. The molecule has 0 aliphatic rings. The molecule has 0 fully saturated rings. The van der Waals surface area contributed by atoms with E-state index in [-0.39, 0.29) is 36.7 Å². The minimum Gasteiger partial charge on any atom is -0.347 e. The molecule has 0 bridgehead atoms. The third kappa shape index (κ3) is 4.36. The lowest BCUT2D eigenvalue weighted by Crippen LogP contribution is -2.23. The maximum absolute atomic E-state index is 13.5. The quantitative estimate of drug-likeness (QED) is 0.655. The Labute approximate surface area is 146 Å². The van der Waals surface area contributed by atoms with Crippen molar-refractivity contribution in [2.45, 2.75) is 19.4 Å². The maximum atomic E-state index is 13.5. The number of carbonyl (C=O) groups is 2. The minimum absolute atomic E-state index is 0.00668. The van der Waals surface area contributed by atoms with Crippen molar-refractivity contribution in [2.24, 2.45) is 0 Å². The van der Waals surface area contributed by atoms with Gasteiger partial charge in [-0.05, 0) is 23.6 Å². The molecule has 6 nitrogen and oxygen atoms in total. The topological polar surface area (TPSA) is 85.1 Å². The lowest BCUT2D eigenvalue weighted by Gasteiger charge is -2.03. The molecule has 0 aliphatic heterocycles. The van der Waals surface area contributed by atoms with Crippen LogP contribution in [0.5, 0.6) is 0 Å². The van der Waals surface area contributed by atoms with Crippen LogP contribution in [0.15, 0.2) is 46.3 Å². The Kier molecular flexibility index (Phi) is 5.30. The summed E-state index contributed by atoms with van der Waals surface area (Å²) in [5.74, 6) is -0.599. The van der Waals surface area contributed by atoms with E-state index in [0.717, 1.165) is 4.88 Å². The van der Waals surface area contributed by atoms with Gasteiger partial charge < -0.3 is 9.84 Å². The van der Waals surface area contributed by atoms with Crippen molar-refractivity contribution in [3.63, 3.8) is 0 Å². The number of nitrogens with zero attached hydrogens (tertiary/aromatic N) is 2. The Bertz CT molecular complexity index is 877. The molecule has 0 saturated heterocycles. The van der Waals surface area contributed by atoms with Gasteiger partial charge in [0.25, 0.3) is 0 Å². The van der Waals surface area contributed by atoms with Gasteiger partial charge in [-0.25, -0.2) is 4.39 Å². The maximum Gasteiger partial charge on any atom is 0.246 e. The van der Waals surface area contributed by atoms with Gasteiger partial charge in [0.1, 0.15) is 5.82 Å². The number of benzene rings is 1. The molecule has 2 aromatic heterocycles. The molecule has 0 unspecified atom stereocenters. The van der Waals surface area contributed by atoms with Crippen molar-refractivity contribution < 1.29 is 18.5 Å². The van der Waals surface area contributed by atoms with E-state index in [1.54, 1.807) is 6.07 Å². The van der Waals surface area contributed by atoms with E-state index in [1.807, 2.05) is 17.5 Å². The highest BCUT2D eigenvalue weighted by Crippen LogP contribution is 2.21. The van der Waals surface area contributed by atoms with Gasteiger partial charge in [0.2, 0.25) is 17.6 Å². The van der Waals surface area contributed by atoms with Crippen LogP contribution in [0.3, 0.4) is 0 Å². The predicted molar refractivity (Wildman–Crippen MR) is 89.4 cm³/mol. The van der Waals surface area contributed by atoms with Crippen LogP contribution >= 0.6 is 11.3 Å². The average molecular weight is 359 g/mol. The van der Waals surface area contributed by atoms with E-state index in [1.165, 1.54) is 29.5 Å². The number of Topliss-reactive ketones (excluding diaryl/α,β-unsaturated/α-hetero) is 1. The Morgan fingerprint density at radius 1 is 1.16 bits per heavy atom. The molecular formula is C17H14FN3O3S. The minimum atomic E-state index is -0.583. The molecule has 0 saturated carbocycles. The number of amides is 1. The molecule has 0 atom stereocenters. The van der Waals surface area contributed by atoms with Crippen molar-refractivity contribution in [3.05, 3.63) is 59.0 Å². The highest BCUT2D eigenvalue weighted by molar-refractivity contribution is 7.13. The molecule has 1 N–H and O–H groups in total. The number of hydrogen-bond donors (Lipinski definition) is 1. The molecule has 3 aromatic rings. The number of aromatic nitrogens is 2. The fourth-order valence-corrected chi connectivity index (χ4v) is 2.79. The van der Waals surface area contributed by atoms with Gasteiger partial charge in [-0.1, -0.05) is 23.4 Å². The summed E-state index contributed by atoms with van der Waals surface area (Å²) in [4.78, 5) is 28.8. The standard InChI is InChI=1S/C17H14FN3O3S/c18-12-5-2-1-4-11(12)13(22)7-8-15(23)19-10-16-20-17(21-24-16)14-6-3-9-25-14/h1-6,9H,7-8,10H2,(H,19,23). The first kappa shape index (κ1) is 17.0. The summed E-state index contributed by atoms with van der Waals surface area (Å²) in [5.41, 5.74) is -0.00668. The molecule has 1 amide bonds. The first-order valence-electron chi connectivity index (χ1n) is 7.54. The normalized spacial score (nSPS) is 10.6. The second kappa shape index (κ2) is 7.80. The Balaban J connectivity index is 1.47. The monoisotopic (exact) mass is 359 g/mol. The number of nitrogens with one attached hydrogen (secondary N) is 1. The molecular weight excluding hydrogens is 345 g/mol. The SMILES string of the molecule is O=C(CCC(=O)c1ccccc1F)NCc1nc(-c2cccs2)no1. The van der Waals surface area contributed by atoms with E-state index in [2.05, 4.69) is 15.5 Å². The molecule has 0 spiro atoms. The average Bonchev–Trinajstić information content (AvgIpc) is 3.29. The van der Waals surface area contributed by atoms with Gasteiger partial charge in [0, 0.05) is 12.8 Å². The van der Waals surface area contributed by atoms with E-state index in [4.69, 9.17) is 4.52 Å². The van der Waals surface area contributed by atoms with Gasteiger partial charge in [-0.15, -0.1) is 11.3 Å². The number of hydrogen-bond acceptors (Lipinski definition) is 6. The molecule has 128 valence electrons. The van der Waals surface area contributed by atoms with Gasteiger partial charge in [-0.2, -0.15) is 4.98 Å². The van der Waals surface area contributed by atoms with Crippen LogP contribution in [0.1, 0.15) is 29.1 Å². The number of halogens is 1. The summed E-state index contributed by atoms with van der Waals surface area (Å²) in [6, 6.07) is 9.45. The molecule has 3 rings (SSSR count). The zero-order valence-electron chi connectivity index (χ0n) is 13.1. The predicted octanol–water partition coefficient (Wildman–Crippen LogP) is 3.22. The van der Waals surface area contributed by atoms with Gasteiger partial charge in [0.15, 0.2) is 5.78 Å². The van der Waals surface area contributed by atoms with Crippen molar-refractivity contribution >= 4 is 23.0 Å². The van der Waals surface area contributed by atoms with Crippen LogP contribution in [0.2, 0.25) is 0 Å². The summed E-state index contributed by atoms with van der Waals surface area (Å²) >= 11 is 1.48. The third-order valence-electron chi connectivity index (χ3n) is 3.40. The lowest BCUT2D eigenvalue weighted by atomic mass is 10.1. The fourth-order valence-electron chi connectivity index (χ4n) is 2.14. The highest BCUT2D eigenvalue weighted by Gasteiger charge is 2.14. The number of thiophene rings is 1. The number of carbonyl (C=O) groups excluding carboxylic acids is 2. The summed E-state index contributed by atoms with van der Waals surface area (Å²) < 4.78 is 18.6. The third-order valence-corrected chi connectivity index (χ3v) is 4.27. The van der Waals surface area contributed by atoms with Gasteiger partial charge in [-0.3, -0.25) is 9.59 Å². The molecule has 2 heterocycles. The number of ketones is 1. The first-order valence-corrected chi connectivity index (χ1v) is 8.42. The summed E-state index contributed by atoms with van der Waals surface area (Å²) in [6.07, 6.45) is -0.115. The smallest absolute Gasteiger partial charge is 0.246 e. The molecule has 8 heteroatoms. The molecule has 0 aliphatic carbocycles. The Hall–Kier alpha value is -2.87. The molecule has 25 heavy (non-hydrogen) atoms. The highest BCUT2D eigenvalue weighted by atomic mass is 32.1. The van der Waals surface area contributed by atoms with Crippen LogP contribution in [0, 0.1) is 5.82 Å². The van der Waals surface area contributed by atoms with Crippen LogP contribution < -0.4 is 5.32 Å².